The number of carbonyl (C=O) groups excluding carboxylic acids is 2. The second kappa shape index (κ2) is 9.62. The fourth-order valence-corrected chi connectivity index (χ4v) is 3.60. The lowest BCUT2D eigenvalue weighted by molar-refractivity contribution is -0.122. The van der Waals surface area contributed by atoms with E-state index in [0.29, 0.717) is 28.3 Å². The van der Waals surface area contributed by atoms with Gasteiger partial charge in [-0.15, -0.1) is 0 Å². The summed E-state index contributed by atoms with van der Waals surface area (Å²) in [4.78, 5) is 26.9. The van der Waals surface area contributed by atoms with Gasteiger partial charge >= 0.3 is 0 Å². The minimum atomic E-state index is -0.581. The number of thiocarbonyl (C=S) groups is 1. The molecule has 1 N–H and O–H groups in total. The predicted octanol–water partition coefficient (Wildman–Crippen LogP) is 4.24. The van der Waals surface area contributed by atoms with Crippen LogP contribution >= 0.6 is 12.2 Å². The number of nitrogens with one attached hydrogen (secondary N) is 1. The molecular formula is C25H19FN2O4S. The quantitative estimate of drug-likeness (QED) is 0.337. The molecule has 1 fully saturated rings. The van der Waals surface area contributed by atoms with Crippen LogP contribution in [0.4, 0.5) is 10.1 Å². The Morgan fingerprint density at radius 3 is 2.52 bits per heavy atom. The van der Waals surface area contributed by atoms with Crippen molar-refractivity contribution >= 4 is 40.9 Å². The van der Waals surface area contributed by atoms with Gasteiger partial charge in [0.2, 0.25) is 0 Å². The molecular weight excluding hydrogens is 443 g/mol. The van der Waals surface area contributed by atoms with Crippen LogP contribution in [0.25, 0.3) is 6.08 Å². The molecule has 0 aromatic heterocycles. The Morgan fingerprint density at radius 2 is 1.79 bits per heavy atom. The van der Waals surface area contributed by atoms with Gasteiger partial charge in [-0.25, -0.2) is 4.39 Å². The smallest absolute Gasteiger partial charge is 0.270 e. The van der Waals surface area contributed by atoms with Crippen molar-refractivity contribution in [1.82, 2.24) is 5.32 Å². The monoisotopic (exact) mass is 462 g/mol. The van der Waals surface area contributed by atoms with Gasteiger partial charge in [-0.1, -0.05) is 36.4 Å². The summed E-state index contributed by atoms with van der Waals surface area (Å²) in [5.41, 5.74) is 1.72. The lowest BCUT2D eigenvalue weighted by Crippen LogP contribution is -2.54. The molecule has 0 atom stereocenters. The number of benzene rings is 3. The number of hydrogen-bond donors (Lipinski definition) is 1. The average Bonchev–Trinajstić information content (AvgIpc) is 2.81. The van der Waals surface area contributed by atoms with E-state index in [1.807, 2.05) is 6.07 Å². The number of hydrogen-bond acceptors (Lipinski definition) is 5. The third kappa shape index (κ3) is 4.91. The maximum atomic E-state index is 13.4. The maximum Gasteiger partial charge on any atom is 0.270 e. The van der Waals surface area contributed by atoms with E-state index in [0.717, 1.165) is 0 Å². The topological polar surface area (TPSA) is 67.9 Å². The first-order valence-electron chi connectivity index (χ1n) is 9.98. The minimum absolute atomic E-state index is 0.0204. The van der Waals surface area contributed by atoms with E-state index in [1.165, 1.54) is 30.2 Å². The molecule has 2 amide bonds. The van der Waals surface area contributed by atoms with E-state index in [2.05, 4.69) is 5.32 Å². The molecule has 8 heteroatoms. The molecule has 0 saturated carbocycles. The van der Waals surface area contributed by atoms with Crippen LogP contribution in [0.5, 0.6) is 11.5 Å². The molecule has 1 heterocycles. The number of halogens is 1. The number of rotatable bonds is 6. The Hall–Kier alpha value is -4.04. The molecule has 1 aliphatic rings. The first-order valence-corrected chi connectivity index (χ1v) is 10.4. The average molecular weight is 463 g/mol. The largest absolute Gasteiger partial charge is 0.493 e. The minimum Gasteiger partial charge on any atom is -0.493 e. The fourth-order valence-electron chi connectivity index (χ4n) is 3.32. The highest BCUT2D eigenvalue weighted by Crippen LogP contribution is 2.30. The van der Waals surface area contributed by atoms with Gasteiger partial charge in [0, 0.05) is 0 Å². The molecule has 0 spiro atoms. The summed E-state index contributed by atoms with van der Waals surface area (Å²) < 4.78 is 24.5. The van der Waals surface area contributed by atoms with Gasteiger partial charge in [0.25, 0.3) is 11.8 Å². The van der Waals surface area contributed by atoms with Crippen LogP contribution in [0, 0.1) is 5.82 Å². The zero-order valence-corrected chi connectivity index (χ0v) is 18.4. The molecule has 3 aromatic rings. The highest BCUT2D eigenvalue weighted by molar-refractivity contribution is 7.80. The van der Waals surface area contributed by atoms with Gasteiger partial charge in [0.15, 0.2) is 16.6 Å². The summed E-state index contributed by atoms with van der Waals surface area (Å²) in [7, 11) is 1.48. The van der Waals surface area contributed by atoms with Gasteiger partial charge in [-0.2, -0.15) is 0 Å². The van der Waals surface area contributed by atoms with Crippen molar-refractivity contribution in [2.75, 3.05) is 12.0 Å². The first kappa shape index (κ1) is 22.2. The summed E-state index contributed by atoms with van der Waals surface area (Å²) >= 11 is 5.20. The number of ether oxygens (including phenoxy) is 2. The van der Waals surface area contributed by atoms with Crippen molar-refractivity contribution in [3.8, 4) is 11.5 Å². The molecule has 0 unspecified atom stereocenters. The van der Waals surface area contributed by atoms with E-state index in [4.69, 9.17) is 21.7 Å². The molecule has 6 nitrogen and oxygen atoms in total. The standard InChI is InChI=1S/C25H19FN2O4S/c1-31-22-14-16(10-11-21(22)32-15-17-6-5-7-18(26)12-17)13-20-23(29)27-25(33)28(24(20)30)19-8-3-2-4-9-19/h2-14H,15H2,1H3,(H,27,29,33)/b20-13-. The van der Waals surface area contributed by atoms with E-state index in [9.17, 15) is 14.0 Å². The molecule has 3 aromatic carbocycles. The van der Waals surface area contributed by atoms with Crippen LogP contribution in [0.15, 0.2) is 78.4 Å². The number of methoxy groups -OCH3 is 1. The molecule has 166 valence electrons. The molecule has 0 aliphatic carbocycles. The first-order chi connectivity index (χ1) is 16.0. The molecule has 33 heavy (non-hydrogen) atoms. The Balaban J connectivity index is 1.59. The van der Waals surface area contributed by atoms with Crippen molar-refractivity contribution in [1.29, 1.82) is 0 Å². The molecule has 1 saturated heterocycles. The lowest BCUT2D eigenvalue weighted by Gasteiger charge is -2.28. The predicted molar refractivity (Wildman–Crippen MR) is 126 cm³/mol. The number of para-hydroxylation sites is 1. The van der Waals surface area contributed by atoms with Crippen molar-refractivity contribution < 1.29 is 23.5 Å². The van der Waals surface area contributed by atoms with Crippen LogP contribution in [0.3, 0.4) is 0 Å². The second-order valence-electron chi connectivity index (χ2n) is 7.12. The number of anilines is 1. The second-order valence-corrected chi connectivity index (χ2v) is 7.51. The Kier molecular flexibility index (Phi) is 6.46. The summed E-state index contributed by atoms with van der Waals surface area (Å²) in [5, 5.41) is 2.57. The van der Waals surface area contributed by atoms with E-state index in [1.54, 1.807) is 54.6 Å². The molecule has 1 aliphatic heterocycles. The van der Waals surface area contributed by atoms with Gasteiger partial charge in [0.1, 0.15) is 18.0 Å². The van der Waals surface area contributed by atoms with Crippen LogP contribution in [-0.4, -0.2) is 24.0 Å². The van der Waals surface area contributed by atoms with Crippen molar-refractivity contribution in [3.05, 3.63) is 95.3 Å². The zero-order chi connectivity index (χ0) is 23.4. The fraction of sp³-hybridized carbons (Fsp3) is 0.0800. The van der Waals surface area contributed by atoms with E-state index in [-0.39, 0.29) is 23.1 Å². The van der Waals surface area contributed by atoms with Gasteiger partial charge in [-0.3, -0.25) is 19.8 Å². The van der Waals surface area contributed by atoms with Crippen molar-refractivity contribution in [2.24, 2.45) is 0 Å². The normalized spacial score (nSPS) is 14.9. The summed E-state index contributed by atoms with van der Waals surface area (Å²) in [6, 6.07) is 19.9. The van der Waals surface area contributed by atoms with Crippen LogP contribution in [-0.2, 0) is 16.2 Å². The van der Waals surface area contributed by atoms with Crippen LogP contribution in [0.1, 0.15) is 11.1 Å². The van der Waals surface area contributed by atoms with Gasteiger partial charge < -0.3 is 9.47 Å². The van der Waals surface area contributed by atoms with Crippen molar-refractivity contribution in [2.45, 2.75) is 6.61 Å². The Labute approximate surface area is 195 Å². The molecule has 0 radical (unpaired) electrons. The lowest BCUT2D eigenvalue weighted by atomic mass is 10.1. The molecule has 0 bridgehead atoms. The third-order valence-corrected chi connectivity index (χ3v) is 5.18. The Morgan fingerprint density at radius 1 is 1.00 bits per heavy atom. The van der Waals surface area contributed by atoms with Gasteiger partial charge in [-0.05, 0) is 65.8 Å². The van der Waals surface area contributed by atoms with Crippen LogP contribution < -0.4 is 19.7 Å². The molecule has 4 rings (SSSR count). The Bertz CT molecular complexity index is 1260. The highest BCUT2D eigenvalue weighted by Gasteiger charge is 2.34. The summed E-state index contributed by atoms with van der Waals surface area (Å²) in [5.74, 6) is -0.609. The summed E-state index contributed by atoms with van der Waals surface area (Å²) in [6.45, 7) is 0.152. The number of nitrogens with zero attached hydrogens (tertiary/aromatic N) is 1. The number of amides is 2. The van der Waals surface area contributed by atoms with E-state index < -0.39 is 11.8 Å². The third-order valence-electron chi connectivity index (χ3n) is 4.90. The van der Waals surface area contributed by atoms with E-state index >= 15 is 0 Å². The zero-order valence-electron chi connectivity index (χ0n) is 17.6. The maximum absolute atomic E-state index is 13.4. The number of carbonyl (C=O) groups is 2. The van der Waals surface area contributed by atoms with Crippen molar-refractivity contribution in [3.63, 3.8) is 0 Å². The van der Waals surface area contributed by atoms with Gasteiger partial charge in [0.05, 0.1) is 12.8 Å². The SMILES string of the molecule is COc1cc(/C=C2/C(=O)NC(=S)N(c3ccccc3)C2=O)ccc1OCc1cccc(F)c1. The summed E-state index contributed by atoms with van der Waals surface area (Å²) in [6.07, 6.45) is 1.47. The van der Waals surface area contributed by atoms with Crippen LogP contribution in [0.2, 0.25) is 0 Å². The highest BCUT2D eigenvalue weighted by atomic mass is 32.1.